The summed E-state index contributed by atoms with van der Waals surface area (Å²) >= 11 is 0. The number of carbonyl (C=O) groups excluding carboxylic acids is 2. The summed E-state index contributed by atoms with van der Waals surface area (Å²) in [4.78, 5) is 29.9. The van der Waals surface area contributed by atoms with Crippen LogP contribution in [-0.2, 0) is 19.7 Å². The van der Waals surface area contributed by atoms with Gasteiger partial charge in [-0.2, -0.15) is 0 Å². The first-order chi connectivity index (χ1) is 14.0. The fourth-order valence-electron chi connectivity index (χ4n) is 3.52. The molecule has 29 heavy (non-hydrogen) atoms. The van der Waals surface area contributed by atoms with Crippen LogP contribution < -0.4 is 4.74 Å². The van der Waals surface area contributed by atoms with Gasteiger partial charge in [0.05, 0.1) is 18.2 Å². The molecular weight excluding hydrogens is 366 g/mol. The number of para-hydroxylation sites is 1. The molecule has 1 heterocycles. The largest absolute Gasteiger partial charge is 0.464 e. The number of rotatable bonds is 4. The number of aliphatic imine (C=N–C) groups is 1. The highest BCUT2D eigenvalue weighted by molar-refractivity contribution is 6.67. The van der Waals surface area contributed by atoms with Crippen molar-refractivity contribution in [3.63, 3.8) is 0 Å². The maximum atomic E-state index is 13.4. The summed E-state index contributed by atoms with van der Waals surface area (Å²) in [6.07, 6.45) is 0. The summed E-state index contributed by atoms with van der Waals surface area (Å²) in [6, 6.07) is 24.1. The summed E-state index contributed by atoms with van der Waals surface area (Å²) in [5, 5.41) is 0. The number of ether oxygens (including phenoxy) is 2. The molecule has 0 fully saturated rings. The van der Waals surface area contributed by atoms with E-state index in [1.165, 1.54) is 7.11 Å². The lowest BCUT2D eigenvalue weighted by Gasteiger charge is -2.33. The molecule has 0 saturated carbocycles. The number of fused-ring (bicyclic) bond motifs is 1. The third kappa shape index (κ3) is 3.21. The van der Waals surface area contributed by atoms with Gasteiger partial charge < -0.3 is 9.47 Å². The Balaban J connectivity index is 1.88. The van der Waals surface area contributed by atoms with Crippen LogP contribution in [-0.4, -0.2) is 24.6 Å². The second-order valence-corrected chi connectivity index (χ2v) is 6.87. The number of Topliss-reactive ketones (excluding diaryl/α,β-unsaturated/α-hetero) is 1. The predicted molar refractivity (Wildman–Crippen MR) is 110 cm³/mol. The van der Waals surface area contributed by atoms with Crippen LogP contribution >= 0.6 is 0 Å². The highest BCUT2D eigenvalue weighted by atomic mass is 16.5. The molecule has 0 spiro atoms. The molecule has 0 bridgehead atoms. The van der Waals surface area contributed by atoms with E-state index in [4.69, 9.17) is 9.47 Å². The maximum Gasteiger partial charge on any atom is 0.360 e. The van der Waals surface area contributed by atoms with E-state index in [9.17, 15) is 9.59 Å². The molecule has 1 aliphatic rings. The molecular formula is C24H19NO4. The molecule has 0 saturated heterocycles. The summed E-state index contributed by atoms with van der Waals surface area (Å²) in [5.74, 6) is 0.128. The van der Waals surface area contributed by atoms with Gasteiger partial charge in [-0.1, -0.05) is 48.5 Å². The van der Waals surface area contributed by atoms with E-state index in [1.807, 2.05) is 66.7 Å². The van der Waals surface area contributed by atoms with Gasteiger partial charge >= 0.3 is 5.97 Å². The first kappa shape index (κ1) is 18.6. The van der Waals surface area contributed by atoms with Crippen LogP contribution in [0.3, 0.4) is 0 Å². The third-order valence-electron chi connectivity index (χ3n) is 5.12. The van der Waals surface area contributed by atoms with E-state index >= 15 is 0 Å². The van der Waals surface area contributed by atoms with Crippen molar-refractivity contribution in [2.75, 3.05) is 7.11 Å². The van der Waals surface area contributed by atoms with E-state index in [1.54, 1.807) is 19.1 Å². The molecule has 0 N–H and O–H groups in total. The van der Waals surface area contributed by atoms with Crippen LogP contribution in [0.2, 0.25) is 0 Å². The lowest BCUT2D eigenvalue weighted by Crippen LogP contribution is -2.44. The van der Waals surface area contributed by atoms with Crippen molar-refractivity contribution >= 4 is 23.2 Å². The normalized spacial score (nSPS) is 17.9. The number of nitrogens with zero attached hydrogens (tertiary/aromatic N) is 1. The van der Waals surface area contributed by atoms with E-state index < -0.39 is 17.2 Å². The van der Waals surface area contributed by atoms with Crippen molar-refractivity contribution in [2.45, 2.75) is 12.3 Å². The van der Waals surface area contributed by atoms with Gasteiger partial charge in [-0.15, -0.1) is 0 Å². The Labute approximate surface area is 168 Å². The highest BCUT2D eigenvalue weighted by Crippen LogP contribution is 2.44. The molecule has 0 radical (unpaired) electrons. The van der Waals surface area contributed by atoms with E-state index in [-0.39, 0.29) is 5.71 Å². The first-order valence-corrected chi connectivity index (χ1v) is 9.19. The summed E-state index contributed by atoms with van der Waals surface area (Å²) < 4.78 is 10.7. The van der Waals surface area contributed by atoms with Gasteiger partial charge in [0.2, 0.25) is 5.78 Å². The zero-order valence-electron chi connectivity index (χ0n) is 16.1. The molecule has 3 aromatic rings. The minimum atomic E-state index is -1.10. The van der Waals surface area contributed by atoms with Crippen molar-refractivity contribution < 1.29 is 19.1 Å². The molecule has 0 aromatic heterocycles. The van der Waals surface area contributed by atoms with Crippen molar-refractivity contribution in [3.8, 4) is 11.5 Å². The second-order valence-electron chi connectivity index (χ2n) is 6.87. The second kappa shape index (κ2) is 7.36. The Bertz CT molecular complexity index is 1110. The molecule has 1 aliphatic heterocycles. The van der Waals surface area contributed by atoms with Crippen LogP contribution in [0, 0.1) is 0 Å². The van der Waals surface area contributed by atoms with E-state index in [2.05, 4.69) is 4.99 Å². The van der Waals surface area contributed by atoms with E-state index in [0.29, 0.717) is 22.7 Å². The van der Waals surface area contributed by atoms with Gasteiger partial charge in [0, 0.05) is 0 Å². The smallest absolute Gasteiger partial charge is 0.360 e. The number of esters is 1. The summed E-state index contributed by atoms with van der Waals surface area (Å²) in [7, 11) is 1.24. The molecule has 4 rings (SSSR count). The van der Waals surface area contributed by atoms with Gasteiger partial charge in [0.1, 0.15) is 11.5 Å². The number of benzene rings is 3. The standard InChI is InChI=1S/C24H19NO4/c1-24(16-9-5-3-6-10-16)19-15-18(29-17-11-7-4-8-12-17)13-14-20(19)25-21(22(24)26)23(27)28-2/h3-15H,1-2H3. The first-order valence-electron chi connectivity index (χ1n) is 9.19. The Kier molecular flexibility index (Phi) is 4.72. The quantitative estimate of drug-likeness (QED) is 0.615. The van der Waals surface area contributed by atoms with Crippen LogP contribution in [0.5, 0.6) is 11.5 Å². The van der Waals surface area contributed by atoms with Gasteiger partial charge in [0.15, 0.2) is 5.71 Å². The van der Waals surface area contributed by atoms with E-state index in [0.717, 1.165) is 5.56 Å². The SMILES string of the molecule is COC(=O)C1=Nc2ccc(Oc3ccccc3)cc2C(C)(c2ccccc2)C1=O. The number of ketones is 1. The van der Waals surface area contributed by atoms with Crippen molar-refractivity contribution in [2.24, 2.45) is 4.99 Å². The Hall–Kier alpha value is -3.73. The van der Waals surface area contributed by atoms with Gasteiger partial charge in [-0.3, -0.25) is 4.79 Å². The molecule has 5 heteroatoms. The Morgan fingerprint density at radius 2 is 1.55 bits per heavy atom. The molecule has 0 amide bonds. The van der Waals surface area contributed by atoms with Crippen LogP contribution in [0.4, 0.5) is 5.69 Å². The number of carbonyl (C=O) groups is 2. The molecule has 1 unspecified atom stereocenters. The molecule has 0 aliphatic carbocycles. The lowest BCUT2D eigenvalue weighted by atomic mass is 9.69. The maximum absolute atomic E-state index is 13.4. The minimum Gasteiger partial charge on any atom is -0.464 e. The van der Waals surface area contributed by atoms with Crippen molar-refractivity contribution in [3.05, 3.63) is 90.0 Å². The van der Waals surface area contributed by atoms with Gasteiger partial charge in [-0.05, 0) is 48.4 Å². The Morgan fingerprint density at radius 1 is 0.897 bits per heavy atom. The summed E-state index contributed by atoms with van der Waals surface area (Å²) in [5.41, 5.74) is 0.673. The monoisotopic (exact) mass is 385 g/mol. The lowest BCUT2D eigenvalue weighted by molar-refractivity contribution is -0.133. The fourth-order valence-corrected chi connectivity index (χ4v) is 3.52. The predicted octanol–water partition coefficient (Wildman–Crippen LogP) is 4.61. The third-order valence-corrected chi connectivity index (χ3v) is 5.12. The van der Waals surface area contributed by atoms with Crippen LogP contribution in [0.25, 0.3) is 0 Å². The topological polar surface area (TPSA) is 65.0 Å². The average molecular weight is 385 g/mol. The zero-order chi connectivity index (χ0) is 20.4. The van der Waals surface area contributed by atoms with Gasteiger partial charge in [0.25, 0.3) is 0 Å². The average Bonchev–Trinajstić information content (AvgIpc) is 2.77. The molecule has 144 valence electrons. The van der Waals surface area contributed by atoms with Crippen molar-refractivity contribution in [1.29, 1.82) is 0 Å². The van der Waals surface area contributed by atoms with Crippen LogP contribution in [0.15, 0.2) is 83.9 Å². The number of hydrogen-bond donors (Lipinski definition) is 0. The molecule has 1 atom stereocenters. The minimum absolute atomic E-state index is 0.205. The van der Waals surface area contributed by atoms with Crippen molar-refractivity contribution in [1.82, 2.24) is 0 Å². The number of hydrogen-bond acceptors (Lipinski definition) is 5. The van der Waals surface area contributed by atoms with Crippen LogP contribution in [0.1, 0.15) is 18.1 Å². The fraction of sp³-hybridized carbons (Fsp3) is 0.125. The van der Waals surface area contributed by atoms with Gasteiger partial charge in [-0.25, -0.2) is 9.79 Å². The number of methoxy groups -OCH3 is 1. The highest BCUT2D eigenvalue weighted by Gasteiger charge is 2.46. The molecule has 5 nitrogen and oxygen atoms in total. The molecule has 3 aromatic carbocycles. The Morgan fingerprint density at radius 3 is 2.21 bits per heavy atom. The zero-order valence-corrected chi connectivity index (χ0v) is 16.1. The summed E-state index contributed by atoms with van der Waals surface area (Å²) in [6.45, 7) is 1.80.